The van der Waals surface area contributed by atoms with Crippen LogP contribution in [0, 0.1) is 5.92 Å². The average Bonchev–Trinajstić information content (AvgIpc) is 3.03. The molecule has 2 atom stereocenters. The Bertz CT molecular complexity index is 533. The van der Waals surface area contributed by atoms with E-state index in [1.54, 1.807) is 19.4 Å². The number of carbonyl (C=O) groups excluding carboxylic acids is 1. The van der Waals surface area contributed by atoms with Gasteiger partial charge in [-0.2, -0.15) is 4.98 Å². The number of aromatic nitrogens is 2. The Balaban J connectivity index is 1.59. The minimum absolute atomic E-state index is 0.0479. The van der Waals surface area contributed by atoms with Gasteiger partial charge in [-0.15, -0.1) is 0 Å². The van der Waals surface area contributed by atoms with Crippen LogP contribution < -0.4 is 16.0 Å². The summed E-state index contributed by atoms with van der Waals surface area (Å²) in [7, 11) is 1.74. The zero-order valence-corrected chi connectivity index (χ0v) is 13.5. The lowest BCUT2D eigenvalue weighted by atomic mass is 9.97. The zero-order chi connectivity index (χ0) is 16.1. The van der Waals surface area contributed by atoms with E-state index in [2.05, 4.69) is 25.9 Å². The van der Waals surface area contributed by atoms with Gasteiger partial charge in [0.15, 0.2) is 0 Å². The molecule has 3 rings (SSSR count). The second-order valence-electron chi connectivity index (χ2n) is 6.23. The highest BCUT2D eigenvalue weighted by Crippen LogP contribution is 2.24. The topological polar surface area (TPSA) is 88.2 Å². The Labute approximate surface area is 136 Å². The quantitative estimate of drug-likeness (QED) is 0.760. The van der Waals surface area contributed by atoms with Crippen LogP contribution in [-0.4, -0.2) is 48.2 Å². The summed E-state index contributed by atoms with van der Waals surface area (Å²) in [5.74, 6) is 1.21. The fourth-order valence-electron chi connectivity index (χ4n) is 3.35. The first kappa shape index (κ1) is 16.1. The summed E-state index contributed by atoms with van der Waals surface area (Å²) in [5.41, 5.74) is 0. The molecule has 0 bridgehead atoms. The lowest BCUT2D eigenvalue weighted by molar-refractivity contribution is -0.120. The van der Waals surface area contributed by atoms with Crippen molar-refractivity contribution in [2.75, 3.05) is 30.8 Å². The Kier molecular flexibility index (Phi) is 5.40. The van der Waals surface area contributed by atoms with E-state index >= 15 is 0 Å². The standard InChI is InChI=1S/C16H25N5O2/c1-23-13-4-2-3-12(13)19-16-18-10-7-14(21-16)20-15(22)11-5-8-17-9-6-11/h7,10-13,17H,2-6,8-9H2,1H3,(H2,18,19,20,21,22). The van der Waals surface area contributed by atoms with Gasteiger partial charge in [0.1, 0.15) is 5.82 Å². The van der Waals surface area contributed by atoms with Crippen LogP contribution in [0.1, 0.15) is 32.1 Å². The highest BCUT2D eigenvalue weighted by Gasteiger charge is 2.27. The molecule has 2 fully saturated rings. The number of carbonyl (C=O) groups is 1. The summed E-state index contributed by atoms with van der Waals surface area (Å²) in [6.07, 6.45) is 6.87. The van der Waals surface area contributed by atoms with Gasteiger partial charge >= 0.3 is 0 Å². The molecule has 1 aliphatic heterocycles. The van der Waals surface area contributed by atoms with Crippen molar-refractivity contribution in [3.63, 3.8) is 0 Å². The molecule has 2 heterocycles. The monoisotopic (exact) mass is 319 g/mol. The molecule has 2 unspecified atom stereocenters. The van der Waals surface area contributed by atoms with E-state index in [9.17, 15) is 4.79 Å². The first-order chi connectivity index (χ1) is 11.3. The number of hydrogen-bond acceptors (Lipinski definition) is 6. The average molecular weight is 319 g/mol. The van der Waals surface area contributed by atoms with Gasteiger partial charge in [0.2, 0.25) is 11.9 Å². The first-order valence-corrected chi connectivity index (χ1v) is 8.40. The van der Waals surface area contributed by atoms with Gasteiger partial charge in [0, 0.05) is 19.2 Å². The number of ether oxygens (including phenoxy) is 1. The largest absolute Gasteiger partial charge is 0.379 e. The molecule has 126 valence electrons. The molecule has 0 radical (unpaired) electrons. The van der Waals surface area contributed by atoms with E-state index in [-0.39, 0.29) is 24.0 Å². The normalized spacial score (nSPS) is 25.3. The van der Waals surface area contributed by atoms with Crippen molar-refractivity contribution in [1.29, 1.82) is 0 Å². The second-order valence-corrected chi connectivity index (χ2v) is 6.23. The van der Waals surface area contributed by atoms with Gasteiger partial charge in [-0.1, -0.05) is 0 Å². The molecule has 1 aliphatic carbocycles. The van der Waals surface area contributed by atoms with E-state index in [0.29, 0.717) is 11.8 Å². The van der Waals surface area contributed by atoms with E-state index in [4.69, 9.17) is 4.74 Å². The Hall–Kier alpha value is -1.73. The molecule has 23 heavy (non-hydrogen) atoms. The van der Waals surface area contributed by atoms with Gasteiger partial charge in [-0.05, 0) is 51.3 Å². The zero-order valence-electron chi connectivity index (χ0n) is 13.5. The third-order valence-electron chi connectivity index (χ3n) is 4.69. The van der Waals surface area contributed by atoms with Crippen molar-refractivity contribution in [3.8, 4) is 0 Å². The second kappa shape index (κ2) is 7.70. The summed E-state index contributed by atoms with van der Waals surface area (Å²) in [6, 6.07) is 1.96. The summed E-state index contributed by atoms with van der Waals surface area (Å²) in [5, 5.41) is 9.50. The minimum atomic E-state index is 0.0479. The first-order valence-electron chi connectivity index (χ1n) is 8.40. The van der Waals surface area contributed by atoms with E-state index in [0.717, 1.165) is 45.2 Å². The van der Waals surface area contributed by atoms with Crippen molar-refractivity contribution in [3.05, 3.63) is 12.3 Å². The maximum absolute atomic E-state index is 12.3. The predicted molar refractivity (Wildman–Crippen MR) is 88.3 cm³/mol. The van der Waals surface area contributed by atoms with Crippen LogP contribution in [0.15, 0.2) is 12.3 Å². The number of methoxy groups -OCH3 is 1. The summed E-state index contributed by atoms with van der Waals surface area (Å²) in [6.45, 7) is 1.80. The molecule has 1 saturated carbocycles. The molecule has 7 heteroatoms. The minimum Gasteiger partial charge on any atom is -0.379 e. The fourth-order valence-corrected chi connectivity index (χ4v) is 3.35. The van der Waals surface area contributed by atoms with Crippen LogP contribution in [-0.2, 0) is 9.53 Å². The molecule has 3 N–H and O–H groups in total. The van der Waals surface area contributed by atoms with Gasteiger partial charge in [-0.3, -0.25) is 4.79 Å². The molecule has 2 aliphatic rings. The number of rotatable bonds is 5. The Morgan fingerprint density at radius 1 is 1.30 bits per heavy atom. The Morgan fingerprint density at radius 2 is 2.13 bits per heavy atom. The van der Waals surface area contributed by atoms with Gasteiger partial charge in [0.05, 0.1) is 12.1 Å². The highest BCUT2D eigenvalue weighted by atomic mass is 16.5. The lowest BCUT2D eigenvalue weighted by Crippen LogP contribution is -2.35. The number of nitrogens with one attached hydrogen (secondary N) is 3. The molecular formula is C16H25N5O2. The van der Waals surface area contributed by atoms with Crippen LogP contribution in [0.2, 0.25) is 0 Å². The third-order valence-corrected chi connectivity index (χ3v) is 4.69. The molecule has 1 aromatic rings. The number of nitrogens with zero attached hydrogens (tertiary/aromatic N) is 2. The maximum atomic E-state index is 12.3. The van der Waals surface area contributed by atoms with Crippen molar-refractivity contribution >= 4 is 17.7 Å². The van der Waals surface area contributed by atoms with Crippen molar-refractivity contribution in [2.45, 2.75) is 44.2 Å². The Morgan fingerprint density at radius 3 is 2.91 bits per heavy atom. The summed E-state index contributed by atoms with van der Waals surface area (Å²) < 4.78 is 5.48. The number of amides is 1. The molecule has 0 spiro atoms. The van der Waals surface area contributed by atoms with Crippen LogP contribution in [0.3, 0.4) is 0 Å². The number of piperidine rings is 1. The van der Waals surface area contributed by atoms with Crippen molar-refractivity contribution in [2.24, 2.45) is 5.92 Å². The third kappa shape index (κ3) is 4.17. The van der Waals surface area contributed by atoms with E-state index < -0.39 is 0 Å². The van der Waals surface area contributed by atoms with E-state index in [1.165, 1.54) is 0 Å². The van der Waals surface area contributed by atoms with Crippen LogP contribution in [0.25, 0.3) is 0 Å². The lowest BCUT2D eigenvalue weighted by Gasteiger charge is -2.22. The molecule has 0 aromatic carbocycles. The highest BCUT2D eigenvalue weighted by molar-refractivity contribution is 5.91. The van der Waals surface area contributed by atoms with Crippen molar-refractivity contribution < 1.29 is 9.53 Å². The number of anilines is 2. The summed E-state index contributed by atoms with van der Waals surface area (Å²) in [4.78, 5) is 20.9. The number of hydrogen-bond donors (Lipinski definition) is 3. The molecule has 1 aromatic heterocycles. The molecule has 7 nitrogen and oxygen atoms in total. The van der Waals surface area contributed by atoms with Crippen LogP contribution >= 0.6 is 0 Å². The SMILES string of the molecule is COC1CCCC1Nc1nccc(NC(=O)C2CCNCC2)n1. The van der Waals surface area contributed by atoms with Gasteiger partial charge in [0.25, 0.3) is 0 Å². The van der Waals surface area contributed by atoms with E-state index in [1.807, 2.05) is 0 Å². The van der Waals surface area contributed by atoms with Crippen LogP contribution in [0.5, 0.6) is 0 Å². The van der Waals surface area contributed by atoms with Crippen molar-refractivity contribution in [1.82, 2.24) is 15.3 Å². The molecular weight excluding hydrogens is 294 g/mol. The smallest absolute Gasteiger partial charge is 0.228 e. The van der Waals surface area contributed by atoms with Gasteiger partial charge in [-0.25, -0.2) is 4.98 Å². The maximum Gasteiger partial charge on any atom is 0.228 e. The molecule has 1 amide bonds. The van der Waals surface area contributed by atoms with Gasteiger partial charge < -0.3 is 20.7 Å². The molecule has 1 saturated heterocycles. The predicted octanol–water partition coefficient (Wildman–Crippen LogP) is 1.39. The van der Waals surface area contributed by atoms with Crippen LogP contribution in [0.4, 0.5) is 11.8 Å². The fraction of sp³-hybridized carbons (Fsp3) is 0.688. The summed E-state index contributed by atoms with van der Waals surface area (Å²) >= 11 is 0.